The zero-order valence-corrected chi connectivity index (χ0v) is 63.8. The Morgan fingerprint density at radius 3 is 2.20 bits per heavy atom. The smallest absolute Gasteiger partial charge is 0.407 e. The summed E-state index contributed by atoms with van der Waals surface area (Å²) in [4.78, 5) is 190. The number of aliphatic hydroxyl groups is 1. The minimum absolute atomic E-state index is 0.0116. The van der Waals surface area contributed by atoms with Gasteiger partial charge >= 0.3 is 18.0 Å². The summed E-state index contributed by atoms with van der Waals surface area (Å²) in [5.41, 5.74) is 1.07. The van der Waals surface area contributed by atoms with E-state index in [0.29, 0.717) is 36.1 Å². The number of aliphatic hydroxyl groups excluding tert-OH is 1. The third-order valence-corrected chi connectivity index (χ3v) is 22.8. The molecule has 2 aromatic rings. The quantitative estimate of drug-likeness (QED) is 0.0436. The number of benzene rings is 1. The minimum atomic E-state index is -1.79. The van der Waals surface area contributed by atoms with Crippen LogP contribution in [0.4, 0.5) is 4.79 Å². The summed E-state index contributed by atoms with van der Waals surface area (Å²) in [7, 11) is 2.70. The molecule has 5 heterocycles. The summed E-state index contributed by atoms with van der Waals surface area (Å²) in [6.45, 7) is 17.2. The van der Waals surface area contributed by atoms with Crippen LogP contribution in [0.15, 0.2) is 52.8 Å². The van der Waals surface area contributed by atoms with E-state index in [2.05, 4.69) is 26.6 Å². The molecule has 30 heteroatoms. The van der Waals surface area contributed by atoms with Crippen molar-refractivity contribution in [2.45, 2.75) is 231 Å². The molecule has 7 rings (SSSR count). The molecule has 4 unspecified atom stereocenters. The van der Waals surface area contributed by atoms with Crippen LogP contribution < -0.4 is 31.3 Å². The number of ketones is 2. The first-order valence-electron chi connectivity index (χ1n) is 36.4. The number of nitrogens with zero attached hydrogens (tertiary/aromatic N) is 4. The largest absolute Gasteiger partial charge is 0.497 e. The van der Waals surface area contributed by atoms with E-state index < -0.39 is 172 Å². The SMILES string of the molecule is CC[C@H](C)[C@@H]1NC(=O)[C@H](NC(=O)[C@@H](CC(C)C)N(C)C(=O)[C@@H]2CCCN2C(=O)[C@H](C)CC(=O)CCCNC(=O)OCC2=CS(=O)C3C(C2)C(=O)C3NC(=O)Cc2cccs2)[C@H](C)OC(=O)[C@H](Cc2ccc(OC)cc2)N(C)C(=O)[C@@H]2CCCN2C(=O)[C@H](CC(C)C)NC(=O)[C@H](C(C)C)OC(=O)C[C@@H]1O. The lowest BCUT2D eigenvalue weighted by Gasteiger charge is -2.44. The second-order valence-electron chi connectivity index (χ2n) is 29.5. The predicted molar refractivity (Wildman–Crippen MR) is 385 cm³/mol. The first kappa shape index (κ1) is 83.2. The molecule has 0 spiro atoms. The molecule has 1 aromatic carbocycles. The lowest BCUT2D eigenvalue weighted by Crippen LogP contribution is -2.66. The highest BCUT2D eigenvalue weighted by Gasteiger charge is 2.55. The molecule has 16 atom stereocenters. The molecule has 6 N–H and O–H groups in total. The Morgan fingerprint density at radius 1 is 0.856 bits per heavy atom. The Balaban J connectivity index is 1.04. The Morgan fingerprint density at radius 2 is 1.56 bits per heavy atom. The summed E-state index contributed by atoms with van der Waals surface area (Å²) < 4.78 is 35.9. The van der Waals surface area contributed by atoms with Crippen LogP contribution in [-0.4, -0.2) is 225 Å². The fraction of sp³-hybridized carbons (Fsp3) is 0.662. The van der Waals surface area contributed by atoms with Crippen molar-refractivity contribution in [3.05, 3.63) is 63.2 Å². The van der Waals surface area contributed by atoms with Crippen LogP contribution in [0.25, 0.3) is 0 Å². The lowest BCUT2D eigenvalue weighted by molar-refractivity contribution is -0.162. The number of likely N-dealkylation sites (N-methyl/N-ethyl adjacent to an activating group) is 2. The van der Waals surface area contributed by atoms with Crippen molar-refractivity contribution < 1.29 is 90.6 Å². The van der Waals surface area contributed by atoms with E-state index in [1.807, 2.05) is 45.2 Å². The number of hydrogen-bond donors (Lipinski definition) is 6. The molecular formula is C74H107N9O19S2. The molecule has 28 nitrogen and oxygen atoms in total. The van der Waals surface area contributed by atoms with Crippen LogP contribution in [0.5, 0.6) is 5.75 Å². The van der Waals surface area contributed by atoms with Crippen LogP contribution >= 0.6 is 11.3 Å². The number of ether oxygens (including phenoxy) is 4. The van der Waals surface area contributed by atoms with Crippen LogP contribution in [0.3, 0.4) is 0 Å². The molecule has 5 aliphatic rings. The number of likely N-dealkylation sites (tertiary alicyclic amines) is 1. The summed E-state index contributed by atoms with van der Waals surface area (Å²) >= 11 is 1.42. The number of fused-ring (bicyclic) bond motifs is 2. The van der Waals surface area contributed by atoms with E-state index in [-0.39, 0.29) is 120 Å². The van der Waals surface area contributed by atoms with E-state index in [0.717, 1.165) is 4.88 Å². The maximum atomic E-state index is 15.2. The molecule has 104 heavy (non-hydrogen) atoms. The maximum Gasteiger partial charge on any atom is 0.407 e. The van der Waals surface area contributed by atoms with Crippen molar-refractivity contribution in [3.63, 3.8) is 0 Å². The highest BCUT2D eigenvalue weighted by Crippen LogP contribution is 2.39. The number of methoxy groups -OCH3 is 1. The fourth-order valence-corrected chi connectivity index (χ4v) is 16.5. The van der Waals surface area contributed by atoms with E-state index >= 15 is 19.2 Å². The average Bonchev–Trinajstić information content (AvgIpc) is 1.34. The molecule has 4 fully saturated rings. The van der Waals surface area contributed by atoms with Crippen molar-refractivity contribution >= 4 is 99.0 Å². The number of hydrogen-bond acceptors (Lipinski definition) is 20. The van der Waals surface area contributed by atoms with Gasteiger partial charge in [-0.2, -0.15) is 0 Å². The maximum absolute atomic E-state index is 15.2. The van der Waals surface area contributed by atoms with Gasteiger partial charge in [0.05, 0.1) is 48.1 Å². The van der Waals surface area contributed by atoms with E-state index in [1.165, 1.54) is 64.5 Å². The number of esters is 2. The standard InChI is InChI=1S/C74H107N9O19S2/c1-14-43(8)60-57(85)37-59(87)102-64(42(6)7)68(91)76-52(31-40(2)3)70(93)83-29-17-22-54(83)72(95)81(12)56(35-46-23-25-49(99-13)26-24-46)73(96)101-45(10)61(67(90)78-60)79-66(89)55(32-41(4)5)80(11)71(94)53-21-16-28-82(53)69(92)44(9)33-48(84)19-15-27-75-74(97)100-38-47-34-51-63(88)62(65(51)104(98)39-47)77-58(86)36-50-20-18-30-103-50/h18,20,23-26,30,39-45,51-57,60-62,64-65,85H,14-17,19,21-22,27-29,31-38H2,1-13H3,(H,75,97)(H,76,91)(H,77,86)(H,78,90)(H,79,89)/t43-,44+,45-,51?,52-,53-,54-,55+,56-,57-,60-,61+,62?,64-,65?,104?/m0/s1. The van der Waals surface area contributed by atoms with Gasteiger partial charge in [0.25, 0.3) is 5.91 Å². The van der Waals surface area contributed by atoms with Crippen LogP contribution in [0.1, 0.15) is 157 Å². The van der Waals surface area contributed by atoms with Gasteiger partial charge in [0.2, 0.25) is 41.4 Å². The van der Waals surface area contributed by atoms with Gasteiger partial charge in [0.1, 0.15) is 66.5 Å². The van der Waals surface area contributed by atoms with Gasteiger partial charge in [0.15, 0.2) is 11.9 Å². The third kappa shape index (κ3) is 21.8. The second kappa shape index (κ2) is 38.2. The molecule has 1 aliphatic carbocycles. The van der Waals surface area contributed by atoms with Crippen molar-refractivity contribution in [3.8, 4) is 5.75 Å². The van der Waals surface area contributed by atoms with E-state index in [1.54, 1.807) is 58.9 Å². The van der Waals surface area contributed by atoms with Crippen LogP contribution in [0, 0.1) is 35.5 Å². The Hall–Kier alpha value is -8.12. The van der Waals surface area contributed by atoms with Crippen LogP contribution in [-0.2, 0) is 95.4 Å². The number of nitrogens with one attached hydrogen (secondary N) is 5. The average molecular weight is 1490 g/mol. The molecule has 0 radical (unpaired) electrons. The zero-order chi connectivity index (χ0) is 76.5. The highest BCUT2D eigenvalue weighted by molar-refractivity contribution is 7.89. The van der Waals surface area contributed by atoms with Gasteiger partial charge < -0.3 is 70.2 Å². The van der Waals surface area contributed by atoms with Crippen molar-refractivity contribution in [2.75, 3.05) is 47.4 Å². The van der Waals surface area contributed by atoms with Gasteiger partial charge in [0, 0.05) is 75.1 Å². The van der Waals surface area contributed by atoms with E-state index in [4.69, 9.17) is 18.9 Å². The monoisotopic (exact) mass is 1490 g/mol. The van der Waals surface area contributed by atoms with Gasteiger partial charge in [-0.05, 0) is 117 Å². The number of carbonyl (C=O) groups excluding carboxylic acids is 13. The molecule has 4 aliphatic heterocycles. The predicted octanol–water partition coefficient (Wildman–Crippen LogP) is 4.23. The minimum Gasteiger partial charge on any atom is -0.497 e. The van der Waals surface area contributed by atoms with E-state index in [9.17, 15) is 52.5 Å². The molecule has 1 aromatic heterocycles. The number of cyclic esters (lactones) is 2. The number of rotatable bonds is 26. The zero-order valence-electron chi connectivity index (χ0n) is 62.1. The molecule has 1 saturated carbocycles. The first-order chi connectivity index (χ1) is 49.2. The van der Waals surface area contributed by atoms with Crippen molar-refractivity contribution in [2.24, 2.45) is 35.5 Å². The molecular weight excluding hydrogens is 1380 g/mol. The Kier molecular flexibility index (Phi) is 30.6. The normalized spacial score (nSPS) is 26.8. The number of alkyl carbamates (subject to hydrolysis) is 1. The lowest BCUT2D eigenvalue weighted by atomic mass is 9.74. The summed E-state index contributed by atoms with van der Waals surface area (Å²) in [6, 6.07) is 0.452. The topological polar surface area (TPSA) is 369 Å². The molecule has 0 bridgehead atoms. The van der Waals surface area contributed by atoms with Crippen molar-refractivity contribution in [1.82, 2.24) is 46.2 Å². The summed E-state index contributed by atoms with van der Waals surface area (Å²) in [5, 5.41) is 28.4. The summed E-state index contributed by atoms with van der Waals surface area (Å²) in [5.74, 6) is -10.2. The second-order valence-corrected chi connectivity index (χ2v) is 32.0. The van der Waals surface area contributed by atoms with Gasteiger partial charge in [-0.3, -0.25) is 56.9 Å². The fourth-order valence-electron chi connectivity index (χ4n) is 14.1. The number of carbonyl (C=O) groups is 13. The van der Waals surface area contributed by atoms with Gasteiger partial charge in [-0.25, -0.2) is 9.59 Å². The Bertz CT molecular complexity index is 3480. The third-order valence-electron chi connectivity index (χ3n) is 20.2. The van der Waals surface area contributed by atoms with Gasteiger partial charge in [-0.1, -0.05) is 86.9 Å². The summed E-state index contributed by atoms with van der Waals surface area (Å²) in [6.07, 6.45) is -4.21. The highest BCUT2D eigenvalue weighted by atomic mass is 32.2. The Labute approximate surface area is 615 Å². The van der Waals surface area contributed by atoms with Crippen molar-refractivity contribution in [1.29, 1.82) is 0 Å². The van der Waals surface area contributed by atoms with Gasteiger partial charge in [-0.15, -0.1) is 11.3 Å². The molecule has 9 amide bonds. The number of thiophene rings is 1. The number of Topliss-reactive ketones (excluding diaryl/α,β-unsaturated/α-hetero) is 2. The first-order valence-corrected chi connectivity index (χ1v) is 38.5. The number of amides is 9. The molecule has 3 saturated heterocycles. The van der Waals surface area contributed by atoms with Crippen LogP contribution in [0.2, 0.25) is 0 Å². The molecule has 574 valence electrons.